The van der Waals surface area contributed by atoms with Crippen molar-refractivity contribution < 1.29 is 19.1 Å². The van der Waals surface area contributed by atoms with Gasteiger partial charge in [0.15, 0.2) is 0 Å². The van der Waals surface area contributed by atoms with Gasteiger partial charge in [-0.15, -0.1) is 0 Å². The SMILES string of the molecule is CC(=O)OC1=CC(c2ccccc2)N(C(=O)OC(C)(C)C)c2ccccc21. The molecular formula is C22H23NO4. The van der Waals surface area contributed by atoms with Crippen molar-refractivity contribution in [3.8, 4) is 0 Å². The Morgan fingerprint density at radius 1 is 0.963 bits per heavy atom. The van der Waals surface area contributed by atoms with Crippen LogP contribution >= 0.6 is 0 Å². The lowest BCUT2D eigenvalue weighted by Crippen LogP contribution is -2.40. The first kappa shape index (κ1) is 18.7. The number of rotatable bonds is 2. The van der Waals surface area contributed by atoms with Crippen LogP contribution in [0.3, 0.4) is 0 Å². The lowest BCUT2D eigenvalue weighted by atomic mass is 9.96. The van der Waals surface area contributed by atoms with E-state index in [2.05, 4.69) is 0 Å². The first-order valence-electron chi connectivity index (χ1n) is 8.83. The minimum absolute atomic E-state index is 0.409. The monoisotopic (exact) mass is 365 g/mol. The van der Waals surface area contributed by atoms with E-state index in [0.29, 0.717) is 17.0 Å². The summed E-state index contributed by atoms with van der Waals surface area (Å²) in [7, 11) is 0. The Morgan fingerprint density at radius 3 is 2.22 bits per heavy atom. The first-order chi connectivity index (χ1) is 12.8. The molecule has 0 spiro atoms. The third kappa shape index (κ3) is 4.19. The Bertz CT molecular complexity index is 881. The van der Waals surface area contributed by atoms with Crippen LogP contribution in [0.2, 0.25) is 0 Å². The molecule has 5 heteroatoms. The number of anilines is 1. The molecule has 3 rings (SSSR count). The number of fused-ring (bicyclic) bond motifs is 1. The lowest BCUT2D eigenvalue weighted by Gasteiger charge is -2.36. The summed E-state index contributed by atoms with van der Waals surface area (Å²) in [4.78, 5) is 26.3. The third-order valence-corrected chi connectivity index (χ3v) is 4.00. The summed E-state index contributed by atoms with van der Waals surface area (Å²) in [5, 5.41) is 0. The average molecular weight is 365 g/mol. The lowest BCUT2D eigenvalue weighted by molar-refractivity contribution is -0.134. The van der Waals surface area contributed by atoms with Crippen molar-refractivity contribution in [1.29, 1.82) is 0 Å². The standard InChI is InChI=1S/C22H23NO4/c1-15(24)26-20-14-19(16-10-6-5-7-11-16)23(21(25)27-22(2,3)4)18-13-9-8-12-17(18)20/h5-14,19H,1-4H3. The minimum atomic E-state index is -0.632. The van der Waals surface area contributed by atoms with E-state index >= 15 is 0 Å². The van der Waals surface area contributed by atoms with Gasteiger partial charge < -0.3 is 9.47 Å². The molecule has 1 heterocycles. The molecule has 1 amide bonds. The van der Waals surface area contributed by atoms with E-state index in [9.17, 15) is 9.59 Å². The van der Waals surface area contributed by atoms with Gasteiger partial charge in [0.2, 0.25) is 0 Å². The summed E-state index contributed by atoms with van der Waals surface area (Å²) in [5.74, 6) is 0.0281. The van der Waals surface area contributed by atoms with Crippen LogP contribution in [0, 0.1) is 0 Å². The summed E-state index contributed by atoms with van der Waals surface area (Å²) >= 11 is 0. The normalized spacial score (nSPS) is 16.2. The fraction of sp³-hybridized carbons (Fsp3) is 0.273. The Labute approximate surface area is 159 Å². The number of carbonyl (C=O) groups is 2. The molecule has 2 aromatic rings. The molecule has 27 heavy (non-hydrogen) atoms. The molecule has 2 aromatic carbocycles. The molecule has 1 atom stereocenters. The molecule has 5 nitrogen and oxygen atoms in total. The van der Waals surface area contributed by atoms with Crippen molar-refractivity contribution in [3.05, 3.63) is 71.8 Å². The second-order valence-electron chi connectivity index (χ2n) is 7.35. The van der Waals surface area contributed by atoms with Crippen molar-refractivity contribution in [3.63, 3.8) is 0 Å². The van der Waals surface area contributed by atoms with Gasteiger partial charge in [-0.2, -0.15) is 0 Å². The molecule has 1 aliphatic rings. The molecule has 0 fully saturated rings. The van der Waals surface area contributed by atoms with Crippen molar-refractivity contribution >= 4 is 23.5 Å². The number of hydrogen-bond donors (Lipinski definition) is 0. The molecule has 0 saturated heterocycles. The van der Waals surface area contributed by atoms with Gasteiger partial charge in [0.1, 0.15) is 11.4 Å². The molecular weight excluding hydrogens is 342 g/mol. The van der Waals surface area contributed by atoms with Gasteiger partial charge in [0.05, 0.1) is 11.7 Å². The second kappa shape index (κ2) is 7.27. The second-order valence-corrected chi connectivity index (χ2v) is 7.35. The van der Waals surface area contributed by atoms with E-state index in [-0.39, 0.29) is 0 Å². The maximum atomic E-state index is 13.1. The van der Waals surface area contributed by atoms with E-state index in [1.807, 2.05) is 75.4 Å². The van der Waals surface area contributed by atoms with Crippen molar-refractivity contribution in [2.24, 2.45) is 0 Å². The highest BCUT2D eigenvalue weighted by Crippen LogP contribution is 2.41. The summed E-state index contributed by atoms with van der Waals surface area (Å²) in [6.07, 6.45) is 1.32. The van der Waals surface area contributed by atoms with Crippen molar-refractivity contribution in [2.45, 2.75) is 39.3 Å². The Kier molecular flexibility index (Phi) is 5.04. The van der Waals surface area contributed by atoms with Gasteiger partial charge in [-0.3, -0.25) is 9.69 Å². The van der Waals surface area contributed by atoms with Crippen LogP contribution in [0.25, 0.3) is 5.76 Å². The van der Waals surface area contributed by atoms with Crippen LogP contribution < -0.4 is 4.90 Å². The fourth-order valence-electron chi connectivity index (χ4n) is 3.01. The maximum Gasteiger partial charge on any atom is 0.415 e. The molecule has 0 aliphatic carbocycles. The van der Waals surface area contributed by atoms with E-state index < -0.39 is 23.7 Å². The van der Waals surface area contributed by atoms with Gasteiger partial charge in [0, 0.05) is 12.5 Å². The molecule has 140 valence electrons. The smallest absolute Gasteiger partial charge is 0.415 e. The van der Waals surface area contributed by atoms with E-state index in [0.717, 1.165) is 5.56 Å². The first-order valence-corrected chi connectivity index (χ1v) is 8.83. The topological polar surface area (TPSA) is 55.8 Å². The Balaban J connectivity index is 2.14. The van der Waals surface area contributed by atoms with Crippen molar-refractivity contribution in [2.75, 3.05) is 4.90 Å². The predicted molar refractivity (Wildman–Crippen MR) is 104 cm³/mol. The van der Waals surface area contributed by atoms with Crippen LogP contribution in [0.4, 0.5) is 10.5 Å². The van der Waals surface area contributed by atoms with Crippen LogP contribution in [0.15, 0.2) is 60.7 Å². The van der Waals surface area contributed by atoms with Gasteiger partial charge >= 0.3 is 12.1 Å². The molecule has 0 saturated carbocycles. The summed E-state index contributed by atoms with van der Waals surface area (Å²) in [6.45, 7) is 6.86. The Morgan fingerprint density at radius 2 is 1.59 bits per heavy atom. The number of para-hydroxylation sites is 1. The van der Waals surface area contributed by atoms with Gasteiger partial charge in [-0.25, -0.2) is 4.79 Å². The maximum absolute atomic E-state index is 13.1. The molecule has 1 unspecified atom stereocenters. The van der Waals surface area contributed by atoms with Crippen LogP contribution in [-0.4, -0.2) is 17.7 Å². The van der Waals surface area contributed by atoms with Gasteiger partial charge in [-0.1, -0.05) is 42.5 Å². The minimum Gasteiger partial charge on any atom is -0.443 e. The van der Waals surface area contributed by atoms with Gasteiger partial charge in [-0.05, 0) is 44.5 Å². The highest BCUT2D eigenvalue weighted by molar-refractivity contribution is 5.96. The number of nitrogens with zero attached hydrogens (tertiary/aromatic N) is 1. The van der Waals surface area contributed by atoms with E-state index in [4.69, 9.17) is 9.47 Å². The quantitative estimate of drug-likeness (QED) is 0.696. The largest absolute Gasteiger partial charge is 0.443 e. The highest BCUT2D eigenvalue weighted by Gasteiger charge is 2.35. The average Bonchev–Trinajstić information content (AvgIpc) is 2.60. The van der Waals surface area contributed by atoms with Crippen LogP contribution in [0.5, 0.6) is 0 Å². The zero-order valence-electron chi connectivity index (χ0n) is 15.9. The van der Waals surface area contributed by atoms with E-state index in [1.165, 1.54) is 6.92 Å². The zero-order chi connectivity index (χ0) is 19.6. The number of esters is 1. The summed E-state index contributed by atoms with van der Waals surface area (Å²) in [6, 6.07) is 16.5. The molecule has 0 bridgehead atoms. The molecule has 0 N–H and O–H groups in total. The summed E-state index contributed by atoms with van der Waals surface area (Å²) in [5.41, 5.74) is 1.57. The predicted octanol–water partition coefficient (Wildman–Crippen LogP) is 5.09. The Hall–Kier alpha value is -3.08. The summed E-state index contributed by atoms with van der Waals surface area (Å²) < 4.78 is 11.1. The fourth-order valence-corrected chi connectivity index (χ4v) is 3.01. The van der Waals surface area contributed by atoms with E-state index in [1.54, 1.807) is 11.0 Å². The number of amides is 1. The van der Waals surface area contributed by atoms with Crippen LogP contribution in [-0.2, 0) is 14.3 Å². The third-order valence-electron chi connectivity index (χ3n) is 4.00. The number of carbonyl (C=O) groups excluding carboxylic acids is 2. The molecule has 0 radical (unpaired) electrons. The highest BCUT2D eigenvalue weighted by atomic mass is 16.6. The van der Waals surface area contributed by atoms with Gasteiger partial charge in [0.25, 0.3) is 0 Å². The van der Waals surface area contributed by atoms with Crippen molar-refractivity contribution in [1.82, 2.24) is 0 Å². The van der Waals surface area contributed by atoms with Crippen LogP contribution in [0.1, 0.15) is 44.9 Å². The number of hydrogen-bond acceptors (Lipinski definition) is 4. The number of ether oxygens (including phenoxy) is 2. The molecule has 0 aromatic heterocycles. The zero-order valence-corrected chi connectivity index (χ0v) is 15.9. The number of benzene rings is 2. The molecule has 1 aliphatic heterocycles.